The van der Waals surface area contributed by atoms with Gasteiger partial charge in [0.15, 0.2) is 6.04 Å². The van der Waals surface area contributed by atoms with Crippen molar-refractivity contribution in [3.05, 3.63) is 42.0 Å². The van der Waals surface area contributed by atoms with Gasteiger partial charge in [-0.25, -0.2) is 0 Å². The number of benzene rings is 2. The zero-order chi connectivity index (χ0) is 24.1. The fourth-order valence-corrected chi connectivity index (χ4v) is 4.58. The Kier molecular flexibility index (Phi) is 8.27. The second kappa shape index (κ2) is 10.8. The third kappa shape index (κ3) is 6.19. The van der Waals surface area contributed by atoms with E-state index in [-0.39, 0.29) is 12.0 Å². The van der Waals surface area contributed by atoms with E-state index in [1.807, 2.05) is 0 Å². The minimum absolute atomic E-state index is 0.0111. The molecule has 0 aliphatic carbocycles. The molecule has 4 nitrogen and oxygen atoms in total. The molecule has 33 heavy (non-hydrogen) atoms. The van der Waals surface area contributed by atoms with E-state index in [9.17, 15) is 18.0 Å². The number of hydrogen-bond acceptors (Lipinski definition) is 3. The smallest absolute Gasteiger partial charge is 0.409 e. The molecule has 1 aliphatic rings. The number of ether oxygens (including phenoxy) is 1. The van der Waals surface area contributed by atoms with Crippen molar-refractivity contribution in [2.75, 3.05) is 6.61 Å². The number of nitrogens with zero attached hydrogens (tertiary/aromatic N) is 1. The van der Waals surface area contributed by atoms with E-state index in [4.69, 9.17) is 4.74 Å². The molecule has 182 valence electrons. The summed E-state index contributed by atoms with van der Waals surface area (Å²) < 4.78 is 49.0. The second-order valence-electron chi connectivity index (χ2n) is 9.51. The topological polar surface area (TPSA) is 41.6 Å². The summed E-state index contributed by atoms with van der Waals surface area (Å²) in [5.74, 6) is 0.180. The van der Waals surface area contributed by atoms with Crippen molar-refractivity contribution in [1.29, 1.82) is 0 Å². The van der Waals surface area contributed by atoms with Crippen LogP contribution in [0, 0.1) is 0 Å². The van der Waals surface area contributed by atoms with Crippen LogP contribution in [-0.2, 0) is 4.79 Å². The number of alkyl halides is 3. The number of hydrazine groups is 1. The van der Waals surface area contributed by atoms with E-state index in [0.29, 0.717) is 23.1 Å². The number of unbranched alkanes of at least 4 members (excludes halogenated alkanes) is 6. The van der Waals surface area contributed by atoms with Gasteiger partial charge in [-0.3, -0.25) is 10.2 Å². The number of carbonyl (C=O) groups excluding carboxylic acids is 1. The third-order valence-electron chi connectivity index (χ3n) is 6.28. The van der Waals surface area contributed by atoms with E-state index in [2.05, 4.69) is 12.3 Å². The van der Waals surface area contributed by atoms with Gasteiger partial charge < -0.3 is 4.74 Å². The lowest BCUT2D eigenvalue weighted by Gasteiger charge is -2.38. The largest absolute Gasteiger partial charge is 0.493 e. The highest BCUT2D eigenvalue weighted by Crippen LogP contribution is 2.45. The van der Waals surface area contributed by atoms with E-state index in [0.717, 1.165) is 17.9 Å². The number of halogens is 3. The maximum absolute atomic E-state index is 14.3. The van der Waals surface area contributed by atoms with Crippen LogP contribution >= 0.6 is 0 Å². The highest BCUT2D eigenvalue weighted by molar-refractivity contribution is 5.91. The minimum atomic E-state index is -4.57. The standard InChI is InChI=1S/C26H35F3N2O2/c1-4-5-6-7-8-9-12-17-33-22-16-15-21(19-13-10-11-14-20(19)22)24(26(27,28)29)31-25(2,3)18-23(32)30-31/h10-11,13-16,24H,4-9,12,17-18H2,1-3H3,(H,30,32). The Hall–Kier alpha value is -2.28. The van der Waals surface area contributed by atoms with E-state index in [1.54, 1.807) is 44.2 Å². The zero-order valence-electron chi connectivity index (χ0n) is 19.8. The molecule has 0 bridgehead atoms. The second-order valence-corrected chi connectivity index (χ2v) is 9.51. The molecular formula is C26H35F3N2O2. The van der Waals surface area contributed by atoms with Crippen LogP contribution in [0.3, 0.4) is 0 Å². The van der Waals surface area contributed by atoms with Crippen LogP contribution in [0.4, 0.5) is 13.2 Å². The van der Waals surface area contributed by atoms with Gasteiger partial charge >= 0.3 is 6.18 Å². The number of amides is 1. The Morgan fingerprint density at radius 3 is 2.24 bits per heavy atom. The van der Waals surface area contributed by atoms with Gasteiger partial charge in [0.05, 0.1) is 6.61 Å². The summed E-state index contributed by atoms with van der Waals surface area (Å²) >= 11 is 0. The molecule has 1 saturated heterocycles. The summed E-state index contributed by atoms with van der Waals surface area (Å²) in [5.41, 5.74) is 1.58. The van der Waals surface area contributed by atoms with Gasteiger partial charge in [0.2, 0.25) is 5.91 Å². The van der Waals surface area contributed by atoms with Gasteiger partial charge in [-0.2, -0.15) is 18.2 Å². The van der Waals surface area contributed by atoms with Crippen LogP contribution in [0.5, 0.6) is 5.75 Å². The minimum Gasteiger partial charge on any atom is -0.493 e. The number of fused-ring (bicyclic) bond motifs is 1. The lowest BCUT2D eigenvalue weighted by Crippen LogP contribution is -2.51. The van der Waals surface area contributed by atoms with Gasteiger partial charge in [-0.05, 0) is 37.3 Å². The average Bonchev–Trinajstić information content (AvgIpc) is 3.01. The number of hydrogen-bond donors (Lipinski definition) is 1. The fourth-order valence-electron chi connectivity index (χ4n) is 4.58. The van der Waals surface area contributed by atoms with Crippen molar-refractivity contribution in [1.82, 2.24) is 10.4 Å². The number of rotatable bonds is 11. The molecule has 2 aromatic rings. The van der Waals surface area contributed by atoms with Gasteiger partial charge in [-0.15, -0.1) is 0 Å². The summed E-state index contributed by atoms with van der Waals surface area (Å²) in [5, 5.41) is 2.18. The van der Waals surface area contributed by atoms with Gasteiger partial charge in [-0.1, -0.05) is 75.8 Å². The van der Waals surface area contributed by atoms with Crippen LogP contribution in [0.2, 0.25) is 0 Å². The van der Waals surface area contributed by atoms with Crippen molar-refractivity contribution in [2.45, 2.75) is 89.9 Å². The number of carbonyl (C=O) groups is 1. The van der Waals surface area contributed by atoms with E-state index >= 15 is 0 Å². The van der Waals surface area contributed by atoms with Crippen LogP contribution in [-0.4, -0.2) is 29.2 Å². The summed E-state index contributed by atoms with van der Waals surface area (Å²) in [4.78, 5) is 12.0. The summed E-state index contributed by atoms with van der Waals surface area (Å²) in [6.07, 6.45) is 3.60. The van der Waals surface area contributed by atoms with Crippen molar-refractivity contribution >= 4 is 16.7 Å². The first kappa shape index (κ1) is 25.3. The molecule has 1 N–H and O–H groups in total. The number of nitrogens with one attached hydrogen (secondary N) is 1. The maximum atomic E-state index is 14.3. The van der Waals surface area contributed by atoms with Crippen LogP contribution in [0.15, 0.2) is 36.4 Å². The Morgan fingerprint density at radius 1 is 1.00 bits per heavy atom. The molecule has 1 amide bonds. The van der Waals surface area contributed by atoms with Gasteiger partial charge in [0.1, 0.15) is 5.75 Å². The maximum Gasteiger partial charge on any atom is 0.409 e. The van der Waals surface area contributed by atoms with Crippen LogP contribution < -0.4 is 10.2 Å². The highest BCUT2D eigenvalue weighted by atomic mass is 19.4. The monoisotopic (exact) mass is 464 g/mol. The molecule has 0 saturated carbocycles. The average molecular weight is 465 g/mol. The van der Waals surface area contributed by atoms with Crippen molar-refractivity contribution < 1.29 is 22.7 Å². The van der Waals surface area contributed by atoms with Crippen molar-refractivity contribution in [3.63, 3.8) is 0 Å². The fraction of sp³-hybridized carbons (Fsp3) is 0.577. The molecule has 3 rings (SSSR count). The molecule has 7 heteroatoms. The van der Waals surface area contributed by atoms with E-state index < -0.39 is 23.7 Å². The summed E-state index contributed by atoms with van der Waals surface area (Å²) in [6.45, 7) is 6.02. The lowest BCUT2D eigenvalue weighted by atomic mass is 9.93. The molecule has 1 unspecified atom stereocenters. The molecule has 1 fully saturated rings. The summed E-state index contributed by atoms with van der Waals surface area (Å²) in [6, 6.07) is 8.17. The SMILES string of the molecule is CCCCCCCCCOc1ccc(C(N2NC(=O)CC2(C)C)C(F)(F)F)c2ccccc12. The molecule has 0 aromatic heterocycles. The molecule has 2 aromatic carbocycles. The van der Waals surface area contributed by atoms with Gasteiger partial charge in [0.25, 0.3) is 0 Å². The van der Waals surface area contributed by atoms with Crippen molar-refractivity contribution in [3.8, 4) is 5.75 Å². The van der Waals surface area contributed by atoms with Crippen LogP contribution in [0.1, 0.15) is 83.7 Å². The first-order valence-corrected chi connectivity index (χ1v) is 11.9. The van der Waals surface area contributed by atoms with E-state index in [1.165, 1.54) is 38.2 Å². The molecule has 1 aliphatic heterocycles. The quantitative estimate of drug-likeness (QED) is 0.361. The normalized spacial score (nSPS) is 17.3. The predicted molar refractivity (Wildman–Crippen MR) is 125 cm³/mol. The Balaban J connectivity index is 1.81. The van der Waals surface area contributed by atoms with Crippen molar-refractivity contribution in [2.24, 2.45) is 0 Å². The predicted octanol–water partition coefficient (Wildman–Crippen LogP) is 7.09. The molecule has 1 heterocycles. The first-order valence-electron chi connectivity index (χ1n) is 11.9. The molecular weight excluding hydrogens is 429 g/mol. The highest BCUT2D eigenvalue weighted by Gasteiger charge is 2.53. The lowest BCUT2D eigenvalue weighted by molar-refractivity contribution is -0.203. The Labute approximate surface area is 194 Å². The molecule has 0 radical (unpaired) electrons. The first-order chi connectivity index (χ1) is 15.6. The Bertz CT molecular complexity index is 943. The Morgan fingerprint density at radius 2 is 1.64 bits per heavy atom. The van der Waals surface area contributed by atoms with Gasteiger partial charge in [0, 0.05) is 17.3 Å². The third-order valence-corrected chi connectivity index (χ3v) is 6.28. The van der Waals surface area contributed by atoms with Crippen LogP contribution in [0.25, 0.3) is 10.8 Å². The summed E-state index contributed by atoms with van der Waals surface area (Å²) in [7, 11) is 0. The molecule has 1 atom stereocenters. The zero-order valence-corrected chi connectivity index (χ0v) is 19.8. The molecule has 0 spiro atoms.